The van der Waals surface area contributed by atoms with Crippen molar-refractivity contribution in [3.8, 4) is 0 Å². The van der Waals surface area contributed by atoms with Crippen molar-refractivity contribution in [3.63, 3.8) is 0 Å². The third kappa shape index (κ3) is 3.22. The molecule has 5 aliphatic carbocycles. The first kappa shape index (κ1) is 18.4. The second-order valence-corrected chi connectivity index (χ2v) is 10.7. The van der Waals surface area contributed by atoms with Crippen LogP contribution in [0, 0.1) is 34.5 Å². The van der Waals surface area contributed by atoms with Crippen molar-refractivity contribution in [1.29, 1.82) is 0 Å². The molecule has 2 N–H and O–H groups in total. The Kier molecular flexibility index (Phi) is 4.25. The Hall–Kier alpha value is -1.59. The summed E-state index contributed by atoms with van der Waals surface area (Å²) in [5, 5.41) is 12.1. The van der Waals surface area contributed by atoms with E-state index in [1.165, 1.54) is 38.5 Å². The molecule has 28 heavy (non-hydrogen) atoms. The second-order valence-electron chi connectivity index (χ2n) is 10.7. The van der Waals surface area contributed by atoms with E-state index in [-0.39, 0.29) is 35.1 Å². The van der Waals surface area contributed by atoms with Gasteiger partial charge in [-0.3, -0.25) is 14.4 Å². The van der Waals surface area contributed by atoms with Crippen molar-refractivity contribution in [2.75, 3.05) is 19.6 Å². The standard InChI is InChI=1S/C22H32N2O4/c25-18(12-21-8-14-5-15(9-21)7-16(6-14)10-21)23-13-19(26)24-3-1-22(2-4-24)11-17(22)20(27)28/h14-17H,1-13H2,(H,23,25)(H,27,28). The van der Waals surface area contributed by atoms with Crippen LogP contribution in [0.25, 0.3) is 0 Å². The zero-order valence-electron chi connectivity index (χ0n) is 16.6. The van der Waals surface area contributed by atoms with Crippen LogP contribution in [-0.2, 0) is 14.4 Å². The molecule has 5 saturated carbocycles. The number of carboxylic acid groups (broad SMARTS) is 1. The number of aliphatic carboxylic acids is 1. The molecule has 0 aromatic carbocycles. The Bertz CT molecular complexity index is 659. The van der Waals surface area contributed by atoms with Crippen molar-refractivity contribution in [1.82, 2.24) is 10.2 Å². The van der Waals surface area contributed by atoms with Crippen LogP contribution in [0.1, 0.15) is 64.2 Å². The Labute approximate surface area is 166 Å². The lowest BCUT2D eigenvalue weighted by atomic mass is 9.49. The number of amides is 2. The molecule has 0 aromatic rings. The summed E-state index contributed by atoms with van der Waals surface area (Å²) in [6, 6.07) is 0. The van der Waals surface area contributed by atoms with Gasteiger partial charge in [-0.2, -0.15) is 0 Å². The molecular weight excluding hydrogens is 356 g/mol. The van der Waals surface area contributed by atoms with Crippen molar-refractivity contribution in [2.45, 2.75) is 64.2 Å². The van der Waals surface area contributed by atoms with E-state index in [0.29, 0.717) is 19.5 Å². The van der Waals surface area contributed by atoms with E-state index in [2.05, 4.69) is 5.32 Å². The SMILES string of the molecule is O=C(CC12CC3CC(CC(C3)C1)C2)NCC(=O)N1CCC2(CC1)CC2C(=O)O. The van der Waals surface area contributed by atoms with Gasteiger partial charge in [-0.15, -0.1) is 0 Å². The molecule has 0 aromatic heterocycles. The van der Waals surface area contributed by atoms with Gasteiger partial charge in [0.25, 0.3) is 0 Å². The lowest BCUT2D eigenvalue weighted by Crippen LogP contribution is -2.49. The molecule has 1 saturated heterocycles. The number of piperidine rings is 1. The summed E-state index contributed by atoms with van der Waals surface area (Å²) >= 11 is 0. The van der Waals surface area contributed by atoms with Gasteiger partial charge in [-0.05, 0) is 86.4 Å². The molecule has 1 atom stereocenters. The third-order valence-corrected chi connectivity index (χ3v) is 8.74. The normalized spacial score (nSPS) is 39.8. The number of carbonyl (C=O) groups excluding carboxylic acids is 2. The maximum absolute atomic E-state index is 12.6. The number of hydrogen-bond acceptors (Lipinski definition) is 3. The smallest absolute Gasteiger partial charge is 0.307 e. The van der Waals surface area contributed by atoms with Gasteiger partial charge in [0.05, 0.1) is 12.5 Å². The number of carboxylic acids is 1. The molecule has 4 bridgehead atoms. The van der Waals surface area contributed by atoms with Crippen LogP contribution in [0.4, 0.5) is 0 Å². The Morgan fingerprint density at radius 1 is 0.929 bits per heavy atom. The van der Waals surface area contributed by atoms with Crippen molar-refractivity contribution in [3.05, 3.63) is 0 Å². The van der Waals surface area contributed by atoms with Crippen LogP contribution in [0.3, 0.4) is 0 Å². The molecule has 6 nitrogen and oxygen atoms in total. The van der Waals surface area contributed by atoms with Crippen LogP contribution in [0.15, 0.2) is 0 Å². The Morgan fingerprint density at radius 2 is 1.50 bits per heavy atom. The number of likely N-dealkylation sites (tertiary alicyclic amines) is 1. The second kappa shape index (κ2) is 6.46. The van der Waals surface area contributed by atoms with Gasteiger partial charge < -0.3 is 15.3 Å². The minimum atomic E-state index is -0.697. The van der Waals surface area contributed by atoms with Gasteiger partial charge >= 0.3 is 5.97 Å². The van der Waals surface area contributed by atoms with E-state index >= 15 is 0 Å². The maximum Gasteiger partial charge on any atom is 0.307 e. The Morgan fingerprint density at radius 3 is 2.00 bits per heavy atom. The van der Waals surface area contributed by atoms with Crippen molar-refractivity contribution < 1.29 is 19.5 Å². The van der Waals surface area contributed by atoms with E-state index in [9.17, 15) is 19.5 Å². The minimum Gasteiger partial charge on any atom is -0.481 e. The lowest BCUT2D eigenvalue weighted by molar-refractivity contribution is -0.140. The third-order valence-electron chi connectivity index (χ3n) is 8.74. The van der Waals surface area contributed by atoms with Gasteiger partial charge in [0.2, 0.25) is 11.8 Å². The average molecular weight is 389 g/mol. The fraction of sp³-hybridized carbons (Fsp3) is 0.864. The number of carbonyl (C=O) groups is 3. The minimum absolute atomic E-state index is 0.0266. The summed E-state index contributed by atoms with van der Waals surface area (Å²) in [5.74, 6) is 1.59. The molecule has 6 heteroatoms. The van der Waals surface area contributed by atoms with Gasteiger partial charge in [-0.1, -0.05) is 0 Å². The lowest BCUT2D eigenvalue weighted by Gasteiger charge is -2.56. The topological polar surface area (TPSA) is 86.7 Å². The highest BCUT2D eigenvalue weighted by atomic mass is 16.4. The highest BCUT2D eigenvalue weighted by molar-refractivity contribution is 5.85. The van der Waals surface area contributed by atoms with E-state index in [0.717, 1.165) is 37.0 Å². The monoisotopic (exact) mass is 388 g/mol. The van der Waals surface area contributed by atoms with Crippen molar-refractivity contribution >= 4 is 17.8 Å². The van der Waals surface area contributed by atoms with Gasteiger partial charge in [0, 0.05) is 19.5 Å². The molecule has 1 aliphatic heterocycles. The fourth-order valence-electron chi connectivity index (χ4n) is 7.65. The number of hydrogen-bond donors (Lipinski definition) is 2. The molecule has 1 spiro atoms. The summed E-state index contributed by atoms with van der Waals surface area (Å²) in [6.07, 6.45) is 10.6. The van der Waals surface area contributed by atoms with Gasteiger partial charge in [-0.25, -0.2) is 0 Å². The molecule has 154 valence electrons. The fourth-order valence-corrected chi connectivity index (χ4v) is 7.65. The number of rotatable bonds is 5. The van der Waals surface area contributed by atoms with Crippen molar-refractivity contribution in [2.24, 2.45) is 34.5 Å². The van der Waals surface area contributed by atoms with E-state index in [4.69, 9.17) is 0 Å². The molecule has 6 fully saturated rings. The van der Waals surface area contributed by atoms with Gasteiger partial charge in [0.1, 0.15) is 0 Å². The van der Waals surface area contributed by atoms with Gasteiger partial charge in [0.15, 0.2) is 0 Å². The zero-order chi connectivity index (χ0) is 19.5. The molecular formula is C22H32N2O4. The van der Waals surface area contributed by atoms with Crippen LogP contribution >= 0.6 is 0 Å². The van der Waals surface area contributed by atoms with E-state index in [1.807, 2.05) is 0 Å². The number of nitrogens with zero attached hydrogens (tertiary/aromatic N) is 1. The largest absolute Gasteiger partial charge is 0.481 e. The number of nitrogens with one attached hydrogen (secondary N) is 1. The first-order valence-electron chi connectivity index (χ1n) is 11.1. The summed E-state index contributed by atoms with van der Waals surface area (Å²) in [4.78, 5) is 38.1. The Balaban J connectivity index is 1.08. The summed E-state index contributed by atoms with van der Waals surface area (Å²) in [6.45, 7) is 1.32. The van der Waals surface area contributed by atoms with Crippen LogP contribution < -0.4 is 5.32 Å². The highest BCUT2D eigenvalue weighted by Crippen LogP contribution is 2.61. The molecule has 2 amide bonds. The molecule has 0 radical (unpaired) electrons. The van der Waals surface area contributed by atoms with E-state index in [1.54, 1.807) is 4.90 Å². The molecule has 6 rings (SSSR count). The first-order chi connectivity index (χ1) is 13.4. The summed E-state index contributed by atoms with van der Waals surface area (Å²) in [7, 11) is 0. The van der Waals surface area contributed by atoms with Crippen LogP contribution in [0.5, 0.6) is 0 Å². The zero-order valence-corrected chi connectivity index (χ0v) is 16.6. The summed E-state index contributed by atoms with van der Waals surface area (Å²) < 4.78 is 0. The predicted molar refractivity (Wildman–Crippen MR) is 102 cm³/mol. The predicted octanol–water partition coefficient (Wildman–Crippen LogP) is 2.42. The maximum atomic E-state index is 12.6. The molecule has 1 heterocycles. The first-order valence-corrected chi connectivity index (χ1v) is 11.1. The van der Waals surface area contributed by atoms with Crippen LogP contribution in [-0.4, -0.2) is 47.4 Å². The molecule has 1 unspecified atom stereocenters. The summed E-state index contributed by atoms with van der Waals surface area (Å²) in [5.41, 5.74) is 0.140. The van der Waals surface area contributed by atoms with E-state index < -0.39 is 5.97 Å². The molecule has 6 aliphatic rings. The quantitative estimate of drug-likeness (QED) is 0.757. The average Bonchev–Trinajstić information content (AvgIpc) is 3.32. The van der Waals surface area contributed by atoms with Crippen LogP contribution in [0.2, 0.25) is 0 Å². The highest BCUT2D eigenvalue weighted by Gasteiger charge is 2.59.